The van der Waals surface area contributed by atoms with Gasteiger partial charge in [-0.15, -0.1) is 12.4 Å². The van der Waals surface area contributed by atoms with Gasteiger partial charge in [-0.3, -0.25) is 0 Å². The molecule has 0 unspecified atom stereocenters. The van der Waals surface area contributed by atoms with Crippen molar-refractivity contribution in [1.82, 2.24) is 4.98 Å². The Morgan fingerprint density at radius 1 is 1.31 bits per heavy atom. The van der Waals surface area contributed by atoms with E-state index in [0.717, 1.165) is 27.1 Å². The van der Waals surface area contributed by atoms with E-state index >= 15 is 0 Å². The average molecular weight is 258 g/mol. The number of halogens is 2. The Bertz CT molecular complexity index is 526. The third kappa shape index (κ3) is 2.07. The van der Waals surface area contributed by atoms with Crippen molar-refractivity contribution in [1.29, 1.82) is 0 Å². The highest BCUT2D eigenvalue weighted by Crippen LogP contribution is 2.26. The van der Waals surface area contributed by atoms with Gasteiger partial charge in [0.2, 0.25) is 0 Å². The number of anilines is 1. The van der Waals surface area contributed by atoms with Crippen molar-refractivity contribution >= 4 is 40.7 Å². The van der Waals surface area contributed by atoms with Crippen LogP contribution in [-0.4, -0.2) is 4.98 Å². The van der Waals surface area contributed by atoms with Crippen LogP contribution in [-0.2, 0) is 0 Å². The number of fused-ring (bicyclic) bond motifs is 1. The second-order valence-electron chi connectivity index (χ2n) is 3.54. The van der Waals surface area contributed by atoms with Gasteiger partial charge in [0.25, 0.3) is 0 Å². The van der Waals surface area contributed by atoms with Crippen LogP contribution in [0.2, 0.25) is 5.02 Å². The molecule has 0 saturated carbocycles. The van der Waals surface area contributed by atoms with Crippen LogP contribution in [0.5, 0.6) is 0 Å². The van der Waals surface area contributed by atoms with Gasteiger partial charge in [-0.25, -0.2) is 10.8 Å². The largest absolute Gasteiger partial charge is 0.308 e. The lowest BCUT2D eigenvalue weighted by molar-refractivity contribution is 1.22. The van der Waals surface area contributed by atoms with E-state index in [0.29, 0.717) is 5.82 Å². The van der Waals surface area contributed by atoms with Crippen LogP contribution in [0.15, 0.2) is 18.2 Å². The van der Waals surface area contributed by atoms with E-state index in [1.165, 1.54) is 0 Å². The van der Waals surface area contributed by atoms with E-state index in [1.54, 1.807) is 0 Å². The molecule has 0 bridgehead atoms. The van der Waals surface area contributed by atoms with Crippen LogP contribution in [0.1, 0.15) is 11.1 Å². The lowest BCUT2D eigenvalue weighted by Gasteiger charge is -2.08. The first-order valence-electron chi connectivity index (χ1n) is 4.66. The molecule has 1 aromatic heterocycles. The smallest absolute Gasteiger partial charge is 0.143 e. The zero-order valence-electron chi connectivity index (χ0n) is 9.04. The molecule has 0 saturated heterocycles. The van der Waals surface area contributed by atoms with Crippen molar-refractivity contribution in [2.45, 2.75) is 13.8 Å². The van der Waals surface area contributed by atoms with E-state index in [1.807, 2.05) is 32.0 Å². The molecule has 3 nitrogen and oxygen atoms in total. The predicted molar refractivity (Wildman–Crippen MR) is 71.3 cm³/mol. The number of hydrazine groups is 1. The Hall–Kier alpha value is -1.03. The Morgan fingerprint density at radius 3 is 2.62 bits per heavy atom. The summed E-state index contributed by atoms with van der Waals surface area (Å²) in [7, 11) is 0. The van der Waals surface area contributed by atoms with Gasteiger partial charge in [-0.1, -0.05) is 17.7 Å². The molecule has 5 heteroatoms. The normalized spacial score (nSPS) is 10.0. The molecule has 0 aliphatic carbocycles. The van der Waals surface area contributed by atoms with E-state index in [-0.39, 0.29) is 12.4 Å². The van der Waals surface area contributed by atoms with E-state index in [2.05, 4.69) is 10.4 Å². The molecule has 2 rings (SSSR count). The molecule has 0 radical (unpaired) electrons. The number of rotatable bonds is 1. The number of nitrogens with one attached hydrogen (secondary N) is 1. The minimum atomic E-state index is 0. The van der Waals surface area contributed by atoms with Crippen molar-refractivity contribution in [2.24, 2.45) is 5.84 Å². The fourth-order valence-electron chi connectivity index (χ4n) is 1.61. The fourth-order valence-corrected chi connectivity index (χ4v) is 1.76. The number of hydrogen-bond donors (Lipinski definition) is 2. The molecule has 16 heavy (non-hydrogen) atoms. The van der Waals surface area contributed by atoms with Crippen molar-refractivity contribution in [2.75, 3.05) is 5.43 Å². The van der Waals surface area contributed by atoms with Gasteiger partial charge in [0.15, 0.2) is 0 Å². The number of nitrogens with two attached hydrogens (primary N) is 1. The molecule has 1 heterocycles. The highest BCUT2D eigenvalue weighted by atomic mass is 35.5. The predicted octanol–water partition coefficient (Wildman–Crippen LogP) is 3.21. The number of hydrogen-bond acceptors (Lipinski definition) is 3. The highest BCUT2D eigenvalue weighted by molar-refractivity contribution is 6.32. The molecule has 0 aliphatic rings. The molecule has 0 spiro atoms. The van der Waals surface area contributed by atoms with Gasteiger partial charge in [-0.2, -0.15) is 0 Å². The lowest BCUT2D eigenvalue weighted by atomic mass is 10.1. The zero-order chi connectivity index (χ0) is 11.0. The minimum absolute atomic E-state index is 0. The first-order chi connectivity index (χ1) is 7.13. The second-order valence-corrected chi connectivity index (χ2v) is 3.95. The van der Waals surface area contributed by atoms with Crippen molar-refractivity contribution in [3.05, 3.63) is 34.3 Å². The molecular formula is C11H13Cl2N3. The maximum Gasteiger partial charge on any atom is 0.143 e. The number of pyridine rings is 1. The van der Waals surface area contributed by atoms with Gasteiger partial charge in [-0.05, 0) is 37.1 Å². The minimum Gasteiger partial charge on any atom is -0.308 e. The Balaban J connectivity index is 0.00000128. The van der Waals surface area contributed by atoms with Gasteiger partial charge < -0.3 is 5.43 Å². The SMILES string of the molecule is Cc1cc2ccc(Cl)c(C)c2nc1NN.Cl. The van der Waals surface area contributed by atoms with Crippen LogP contribution in [0.4, 0.5) is 5.82 Å². The van der Waals surface area contributed by atoms with Gasteiger partial charge >= 0.3 is 0 Å². The molecule has 3 N–H and O–H groups in total. The number of nitrogen functional groups attached to an aromatic ring is 1. The second kappa shape index (κ2) is 4.87. The van der Waals surface area contributed by atoms with Crippen molar-refractivity contribution in [3.63, 3.8) is 0 Å². The molecule has 2 aromatic rings. The van der Waals surface area contributed by atoms with Crippen LogP contribution in [0, 0.1) is 13.8 Å². The molecule has 0 amide bonds. The van der Waals surface area contributed by atoms with Crippen LogP contribution in [0.3, 0.4) is 0 Å². The quantitative estimate of drug-likeness (QED) is 0.610. The molecule has 1 aromatic carbocycles. The van der Waals surface area contributed by atoms with Gasteiger partial charge in [0, 0.05) is 10.4 Å². The van der Waals surface area contributed by atoms with Gasteiger partial charge in [0.1, 0.15) is 5.82 Å². The third-order valence-corrected chi connectivity index (χ3v) is 2.91. The maximum atomic E-state index is 6.03. The first-order valence-corrected chi connectivity index (χ1v) is 5.04. The summed E-state index contributed by atoms with van der Waals surface area (Å²) in [4.78, 5) is 4.43. The topological polar surface area (TPSA) is 50.9 Å². The summed E-state index contributed by atoms with van der Waals surface area (Å²) in [5, 5.41) is 1.80. The Labute approximate surface area is 105 Å². The summed E-state index contributed by atoms with van der Waals surface area (Å²) in [6.45, 7) is 3.92. The molecule has 0 aliphatic heterocycles. The molecular weight excluding hydrogens is 245 g/mol. The number of aromatic nitrogens is 1. The zero-order valence-corrected chi connectivity index (χ0v) is 10.6. The summed E-state index contributed by atoms with van der Waals surface area (Å²) in [6, 6.07) is 5.89. The number of benzene rings is 1. The Morgan fingerprint density at radius 2 is 2.00 bits per heavy atom. The number of aryl methyl sites for hydroxylation is 2. The molecule has 0 atom stereocenters. The average Bonchev–Trinajstić information content (AvgIpc) is 2.23. The Kier molecular flexibility index (Phi) is 3.97. The standard InChI is InChI=1S/C11H12ClN3.ClH/c1-6-5-8-3-4-9(12)7(2)10(8)14-11(6)15-13;/h3-5H,13H2,1-2H3,(H,14,15);1H. The first kappa shape index (κ1) is 13.0. The monoisotopic (exact) mass is 257 g/mol. The highest BCUT2D eigenvalue weighted by Gasteiger charge is 2.06. The van der Waals surface area contributed by atoms with E-state index < -0.39 is 0 Å². The summed E-state index contributed by atoms with van der Waals surface area (Å²) in [6.07, 6.45) is 0. The van der Waals surface area contributed by atoms with Crippen LogP contribution >= 0.6 is 24.0 Å². The summed E-state index contributed by atoms with van der Waals surface area (Å²) < 4.78 is 0. The molecule has 86 valence electrons. The third-order valence-electron chi connectivity index (χ3n) is 2.50. The van der Waals surface area contributed by atoms with Crippen molar-refractivity contribution < 1.29 is 0 Å². The summed E-state index contributed by atoms with van der Waals surface area (Å²) in [5.41, 5.74) is 5.47. The van der Waals surface area contributed by atoms with E-state index in [4.69, 9.17) is 17.4 Å². The van der Waals surface area contributed by atoms with Gasteiger partial charge in [0.05, 0.1) is 5.52 Å². The lowest BCUT2D eigenvalue weighted by Crippen LogP contribution is -2.10. The van der Waals surface area contributed by atoms with Crippen LogP contribution < -0.4 is 11.3 Å². The number of nitrogens with zero attached hydrogens (tertiary/aromatic N) is 1. The molecule has 0 fully saturated rings. The summed E-state index contributed by atoms with van der Waals surface area (Å²) in [5.74, 6) is 6.07. The fraction of sp³-hybridized carbons (Fsp3) is 0.182. The summed E-state index contributed by atoms with van der Waals surface area (Å²) >= 11 is 6.03. The van der Waals surface area contributed by atoms with E-state index in [9.17, 15) is 0 Å². The maximum absolute atomic E-state index is 6.03. The van der Waals surface area contributed by atoms with Crippen molar-refractivity contribution in [3.8, 4) is 0 Å². The van der Waals surface area contributed by atoms with Crippen LogP contribution in [0.25, 0.3) is 10.9 Å².